The molecule has 1 unspecified atom stereocenters. The Kier molecular flexibility index (Phi) is 7.29. The fraction of sp³-hybridized carbons (Fsp3) is 0.278. The number of alkyl halides is 3. The van der Waals surface area contributed by atoms with E-state index in [-0.39, 0.29) is 5.75 Å². The lowest BCUT2D eigenvalue weighted by molar-refractivity contribution is -0.137. The van der Waals surface area contributed by atoms with Gasteiger partial charge < -0.3 is 4.74 Å². The van der Waals surface area contributed by atoms with Crippen molar-refractivity contribution < 1.29 is 22.7 Å². The first-order valence-corrected chi connectivity index (χ1v) is 7.75. The molecule has 0 amide bonds. The summed E-state index contributed by atoms with van der Waals surface area (Å²) in [5, 5.41) is -0.804. The predicted molar refractivity (Wildman–Crippen MR) is 88.2 cm³/mol. The van der Waals surface area contributed by atoms with Gasteiger partial charge in [-0.05, 0) is 36.7 Å². The van der Waals surface area contributed by atoms with Crippen LogP contribution in [-0.4, -0.2) is 5.24 Å². The summed E-state index contributed by atoms with van der Waals surface area (Å²) in [6.07, 6.45) is -5.64. The van der Waals surface area contributed by atoms with Crippen LogP contribution in [0.4, 0.5) is 13.2 Å². The highest BCUT2D eigenvalue weighted by molar-refractivity contribution is 6.64. The Morgan fingerprint density at radius 1 is 1.08 bits per heavy atom. The number of rotatable bonds is 4. The third-order valence-corrected chi connectivity index (χ3v) is 3.20. The molecule has 2 aromatic rings. The van der Waals surface area contributed by atoms with E-state index >= 15 is 0 Å². The van der Waals surface area contributed by atoms with Crippen molar-refractivity contribution in [2.75, 3.05) is 0 Å². The third kappa shape index (κ3) is 5.57. The molecular formula is C18H18ClF3O2. The Morgan fingerprint density at radius 2 is 1.67 bits per heavy atom. The standard InChI is InChI=1S/C16H12ClF3O2.C2H6/c1-10-5-7-11(8-6-10)14(15(17)21)22-13-4-2-3-12(9-13)16(18,19)20;1-2/h2-9,14H,1H3;1-2H3. The molecule has 0 aromatic heterocycles. The molecule has 0 bridgehead atoms. The molecule has 0 saturated heterocycles. The highest BCUT2D eigenvalue weighted by Gasteiger charge is 2.31. The van der Waals surface area contributed by atoms with Crippen molar-refractivity contribution in [2.24, 2.45) is 0 Å². The molecule has 130 valence electrons. The minimum absolute atomic E-state index is 0.0746. The molecule has 0 aliphatic carbocycles. The number of aryl methyl sites for hydroxylation is 1. The van der Waals surface area contributed by atoms with Crippen molar-refractivity contribution in [2.45, 2.75) is 33.1 Å². The molecule has 6 heteroatoms. The van der Waals surface area contributed by atoms with E-state index < -0.39 is 23.1 Å². The Bertz CT molecular complexity index is 667. The Labute approximate surface area is 144 Å². The normalized spacial score (nSPS) is 12.0. The van der Waals surface area contributed by atoms with Crippen molar-refractivity contribution in [3.8, 4) is 5.75 Å². The molecule has 0 spiro atoms. The lowest BCUT2D eigenvalue weighted by Crippen LogP contribution is -2.15. The van der Waals surface area contributed by atoms with Crippen molar-refractivity contribution in [3.05, 3.63) is 65.2 Å². The summed E-state index contributed by atoms with van der Waals surface area (Å²) < 4.78 is 43.4. The predicted octanol–water partition coefficient (Wildman–Crippen LogP) is 5.93. The highest BCUT2D eigenvalue weighted by atomic mass is 35.5. The Morgan fingerprint density at radius 3 is 2.17 bits per heavy atom. The van der Waals surface area contributed by atoms with E-state index in [0.717, 1.165) is 17.7 Å². The van der Waals surface area contributed by atoms with Gasteiger partial charge >= 0.3 is 6.18 Å². The Balaban J connectivity index is 0.00000139. The SMILES string of the molecule is CC.Cc1ccc(C(Oc2cccc(C(F)(F)F)c2)C(=O)Cl)cc1. The second-order valence-electron chi connectivity index (χ2n) is 4.74. The van der Waals surface area contributed by atoms with Gasteiger partial charge in [-0.15, -0.1) is 0 Å². The Hall–Kier alpha value is -2.01. The van der Waals surface area contributed by atoms with E-state index in [9.17, 15) is 18.0 Å². The van der Waals surface area contributed by atoms with Crippen molar-refractivity contribution in [1.29, 1.82) is 0 Å². The number of carbonyl (C=O) groups excluding carboxylic acids is 1. The number of benzene rings is 2. The molecule has 0 N–H and O–H groups in total. The number of carbonyl (C=O) groups is 1. The van der Waals surface area contributed by atoms with Gasteiger partial charge in [-0.3, -0.25) is 4.79 Å². The highest BCUT2D eigenvalue weighted by Crippen LogP contribution is 2.33. The van der Waals surface area contributed by atoms with E-state index in [4.69, 9.17) is 16.3 Å². The zero-order valence-corrected chi connectivity index (χ0v) is 14.3. The molecule has 2 aromatic carbocycles. The summed E-state index contributed by atoms with van der Waals surface area (Å²) in [5.41, 5.74) is 0.598. The molecule has 0 aliphatic rings. The minimum Gasteiger partial charge on any atom is -0.476 e. The van der Waals surface area contributed by atoms with Crippen molar-refractivity contribution in [3.63, 3.8) is 0 Å². The van der Waals surface area contributed by atoms with Gasteiger partial charge in [-0.2, -0.15) is 13.2 Å². The van der Waals surface area contributed by atoms with Crippen LogP contribution in [-0.2, 0) is 11.0 Å². The van der Waals surface area contributed by atoms with Crippen LogP contribution in [0.5, 0.6) is 5.75 Å². The maximum Gasteiger partial charge on any atom is 0.416 e. The molecule has 2 rings (SSSR count). The molecule has 0 radical (unpaired) electrons. The van der Waals surface area contributed by atoms with Crippen LogP contribution in [0, 0.1) is 6.92 Å². The smallest absolute Gasteiger partial charge is 0.416 e. The van der Waals surface area contributed by atoms with Crippen LogP contribution >= 0.6 is 11.6 Å². The molecule has 0 aliphatic heterocycles. The monoisotopic (exact) mass is 358 g/mol. The topological polar surface area (TPSA) is 26.3 Å². The van der Waals surface area contributed by atoms with Crippen LogP contribution in [0.3, 0.4) is 0 Å². The number of hydrogen-bond donors (Lipinski definition) is 0. The average molecular weight is 359 g/mol. The van der Waals surface area contributed by atoms with E-state index in [1.807, 2.05) is 20.8 Å². The molecule has 0 saturated carbocycles. The lowest BCUT2D eigenvalue weighted by Gasteiger charge is -2.17. The van der Waals surface area contributed by atoms with E-state index in [0.29, 0.717) is 5.56 Å². The van der Waals surface area contributed by atoms with Gasteiger partial charge in [-0.25, -0.2) is 0 Å². The lowest BCUT2D eigenvalue weighted by atomic mass is 10.1. The largest absolute Gasteiger partial charge is 0.476 e. The van der Waals surface area contributed by atoms with E-state index in [1.165, 1.54) is 12.1 Å². The summed E-state index contributed by atoms with van der Waals surface area (Å²) in [5.74, 6) is -0.0746. The van der Waals surface area contributed by atoms with E-state index in [2.05, 4.69) is 0 Å². The first-order chi connectivity index (χ1) is 11.3. The van der Waals surface area contributed by atoms with Crippen LogP contribution < -0.4 is 4.74 Å². The molecule has 1 atom stereocenters. The van der Waals surface area contributed by atoms with Crippen LogP contribution in [0.2, 0.25) is 0 Å². The molecule has 24 heavy (non-hydrogen) atoms. The summed E-state index contributed by atoms with van der Waals surface area (Å²) >= 11 is 5.51. The van der Waals surface area contributed by atoms with Gasteiger partial charge in [0.1, 0.15) is 5.75 Å². The maximum atomic E-state index is 12.7. The summed E-state index contributed by atoms with van der Waals surface area (Å²) in [4.78, 5) is 11.5. The van der Waals surface area contributed by atoms with Gasteiger partial charge in [0, 0.05) is 5.56 Å². The number of halogens is 4. The van der Waals surface area contributed by atoms with Crippen molar-refractivity contribution in [1.82, 2.24) is 0 Å². The fourth-order valence-electron chi connectivity index (χ4n) is 1.87. The van der Waals surface area contributed by atoms with Crippen LogP contribution in [0.15, 0.2) is 48.5 Å². The number of ether oxygens (including phenoxy) is 1. The average Bonchev–Trinajstić information content (AvgIpc) is 2.55. The van der Waals surface area contributed by atoms with Gasteiger partial charge in [0.15, 0.2) is 6.10 Å². The first kappa shape index (κ1) is 20.0. The first-order valence-electron chi connectivity index (χ1n) is 7.37. The molecule has 2 nitrogen and oxygen atoms in total. The zero-order valence-electron chi connectivity index (χ0n) is 13.5. The fourth-order valence-corrected chi connectivity index (χ4v) is 2.04. The third-order valence-electron chi connectivity index (χ3n) is 3.00. The van der Waals surface area contributed by atoms with Crippen LogP contribution in [0.25, 0.3) is 0 Å². The minimum atomic E-state index is -4.48. The summed E-state index contributed by atoms with van der Waals surface area (Å²) in [7, 11) is 0. The second kappa shape index (κ2) is 8.73. The van der Waals surface area contributed by atoms with Gasteiger partial charge in [0.25, 0.3) is 5.24 Å². The van der Waals surface area contributed by atoms with E-state index in [1.54, 1.807) is 24.3 Å². The van der Waals surface area contributed by atoms with Gasteiger partial charge in [0.2, 0.25) is 0 Å². The maximum absolute atomic E-state index is 12.7. The van der Waals surface area contributed by atoms with Crippen LogP contribution in [0.1, 0.15) is 36.6 Å². The quantitative estimate of drug-likeness (QED) is 0.633. The zero-order chi connectivity index (χ0) is 18.3. The second-order valence-corrected chi connectivity index (χ2v) is 5.11. The molecule has 0 fully saturated rings. The van der Waals surface area contributed by atoms with Crippen molar-refractivity contribution >= 4 is 16.8 Å². The van der Waals surface area contributed by atoms with Gasteiger partial charge in [-0.1, -0.05) is 49.7 Å². The number of hydrogen-bond acceptors (Lipinski definition) is 2. The molecule has 0 heterocycles. The molecular weight excluding hydrogens is 341 g/mol. The van der Waals surface area contributed by atoms with Gasteiger partial charge in [0.05, 0.1) is 5.56 Å². The summed E-state index contributed by atoms with van der Waals surface area (Å²) in [6.45, 7) is 5.87. The summed E-state index contributed by atoms with van der Waals surface area (Å²) in [6, 6.07) is 11.1.